The predicted octanol–water partition coefficient (Wildman–Crippen LogP) is 4.08. The van der Waals surface area contributed by atoms with Crippen molar-refractivity contribution in [3.8, 4) is 0 Å². The maximum atomic E-state index is 12.6. The summed E-state index contributed by atoms with van der Waals surface area (Å²) in [5.41, 5.74) is 2.97. The van der Waals surface area contributed by atoms with E-state index in [0.29, 0.717) is 23.1 Å². The largest absolute Gasteiger partial charge is 0.312 e. The number of aromatic nitrogens is 2. The monoisotopic (exact) mass is 426 g/mol. The van der Waals surface area contributed by atoms with Crippen LogP contribution in [0.3, 0.4) is 0 Å². The number of halogens is 1. The first kappa shape index (κ1) is 19.5. The topological polar surface area (TPSA) is 75.2 Å². The van der Waals surface area contributed by atoms with E-state index in [1.165, 1.54) is 11.3 Å². The Hall–Kier alpha value is -2.77. The van der Waals surface area contributed by atoms with Crippen molar-refractivity contribution in [2.45, 2.75) is 19.8 Å². The minimum absolute atomic E-state index is 0.0450. The van der Waals surface area contributed by atoms with Crippen molar-refractivity contribution in [1.29, 1.82) is 0 Å². The smallest absolute Gasteiger partial charge is 0.231 e. The molecule has 1 fully saturated rings. The van der Waals surface area contributed by atoms with E-state index in [-0.39, 0.29) is 18.2 Å². The first-order valence-corrected chi connectivity index (χ1v) is 10.4. The number of benzene rings is 2. The molecule has 0 aliphatic carbocycles. The molecule has 1 atom stereocenters. The Morgan fingerprint density at radius 3 is 2.79 bits per heavy atom. The van der Waals surface area contributed by atoms with Gasteiger partial charge in [0, 0.05) is 30.1 Å². The molecular weight excluding hydrogens is 408 g/mol. The average Bonchev–Trinajstić information content (AvgIpc) is 3.30. The molecule has 3 aromatic rings. The molecule has 29 heavy (non-hydrogen) atoms. The summed E-state index contributed by atoms with van der Waals surface area (Å²) in [6.45, 7) is 2.34. The molecule has 0 bridgehead atoms. The molecule has 1 aromatic heterocycles. The minimum atomic E-state index is -0.411. The highest BCUT2D eigenvalue weighted by Crippen LogP contribution is 2.27. The summed E-state index contributed by atoms with van der Waals surface area (Å²) in [6.07, 6.45) is 0.809. The van der Waals surface area contributed by atoms with Crippen LogP contribution in [0.25, 0.3) is 0 Å². The highest BCUT2D eigenvalue weighted by Gasteiger charge is 2.35. The highest BCUT2D eigenvalue weighted by atomic mass is 35.5. The second kappa shape index (κ2) is 8.31. The molecular formula is C21H19ClN4O2S. The summed E-state index contributed by atoms with van der Waals surface area (Å²) in [5, 5.41) is 12.9. The van der Waals surface area contributed by atoms with Gasteiger partial charge in [0.25, 0.3) is 0 Å². The Balaban J connectivity index is 1.38. The zero-order valence-electron chi connectivity index (χ0n) is 15.8. The molecule has 148 valence electrons. The van der Waals surface area contributed by atoms with Crippen molar-refractivity contribution in [2.24, 2.45) is 5.92 Å². The highest BCUT2D eigenvalue weighted by molar-refractivity contribution is 7.15. The Bertz CT molecular complexity index is 1050. The fourth-order valence-corrected chi connectivity index (χ4v) is 4.19. The van der Waals surface area contributed by atoms with Crippen LogP contribution in [0.2, 0.25) is 5.02 Å². The van der Waals surface area contributed by atoms with Crippen LogP contribution in [0.5, 0.6) is 0 Å². The van der Waals surface area contributed by atoms with Gasteiger partial charge in [0.1, 0.15) is 5.01 Å². The third kappa shape index (κ3) is 4.63. The van der Waals surface area contributed by atoms with Gasteiger partial charge in [0.2, 0.25) is 16.9 Å². The number of anilines is 2. The summed E-state index contributed by atoms with van der Waals surface area (Å²) in [4.78, 5) is 26.7. The Morgan fingerprint density at radius 2 is 2.03 bits per heavy atom. The third-order valence-corrected chi connectivity index (χ3v) is 5.87. The molecule has 2 aromatic carbocycles. The molecule has 1 saturated heterocycles. The quantitative estimate of drug-likeness (QED) is 0.666. The molecule has 0 spiro atoms. The minimum Gasteiger partial charge on any atom is -0.312 e. The number of hydrogen-bond acceptors (Lipinski definition) is 5. The summed E-state index contributed by atoms with van der Waals surface area (Å²) in [5.74, 6) is -0.661. The van der Waals surface area contributed by atoms with Gasteiger partial charge in [-0.15, -0.1) is 10.2 Å². The average molecular weight is 427 g/mol. The lowest BCUT2D eigenvalue weighted by molar-refractivity contribution is -0.122. The van der Waals surface area contributed by atoms with Crippen molar-refractivity contribution in [3.63, 3.8) is 0 Å². The van der Waals surface area contributed by atoms with E-state index in [1.807, 2.05) is 55.5 Å². The van der Waals surface area contributed by atoms with Crippen LogP contribution < -0.4 is 10.2 Å². The zero-order chi connectivity index (χ0) is 20.4. The van der Waals surface area contributed by atoms with E-state index in [4.69, 9.17) is 11.6 Å². The molecule has 6 nitrogen and oxygen atoms in total. The number of aryl methyl sites for hydroxylation is 1. The van der Waals surface area contributed by atoms with Crippen LogP contribution in [0, 0.1) is 12.8 Å². The van der Waals surface area contributed by atoms with Crippen LogP contribution in [0.15, 0.2) is 48.5 Å². The Morgan fingerprint density at radius 1 is 1.24 bits per heavy atom. The fraction of sp³-hybridized carbons (Fsp3) is 0.238. The lowest BCUT2D eigenvalue weighted by Gasteiger charge is -2.17. The standard InChI is InChI=1S/C21H19ClN4O2S/c1-13-3-2-4-17(9-13)26-12-15(11-19(26)27)20(28)23-21-25-24-18(29-21)10-14-5-7-16(22)8-6-14/h2-9,15H,10-12H2,1H3,(H,23,25,28). The molecule has 1 unspecified atom stereocenters. The van der Waals surface area contributed by atoms with Crippen molar-refractivity contribution < 1.29 is 9.59 Å². The fourth-order valence-electron chi connectivity index (χ4n) is 3.29. The van der Waals surface area contributed by atoms with E-state index in [1.54, 1.807) is 4.90 Å². The van der Waals surface area contributed by atoms with Gasteiger partial charge in [0.05, 0.1) is 5.92 Å². The van der Waals surface area contributed by atoms with Crippen LogP contribution >= 0.6 is 22.9 Å². The molecule has 0 saturated carbocycles. The predicted molar refractivity (Wildman–Crippen MR) is 114 cm³/mol. The van der Waals surface area contributed by atoms with Crippen LogP contribution in [0.4, 0.5) is 10.8 Å². The summed E-state index contributed by atoms with van der Waals surface area (Å²) in [6, 6.07) is 15.3. The number of rotatable bonds is 5. The van der Waals surface area contributed by atoms with Crippen LogP contribution in [-0.4, -0.2) is 28.6 Å². The van der Waals surface area contributed by atoms with Gasteiger partial charge in [-0.2, -0.15) is 0 Å². The SMILES string of the molecule is Cc1cccc(N2CC(C(=O)Nc3nnc(Cc4ccc(Cl)cc4)s3)CC2=O)c1. The second-order valence-electron chi connectivity index (χ2n) is 7.04. The molecule has 0 radical (unpaired) electrons. The maximum absolute atomic E-state index is 12.6. The first-order valence-electron chi connectivity index (χ1n) is 9.22. The van der Waals surface area contributed by atoms with Crippen molar-refractivity contribution in [1.82, 2.24) is 10.2 Å². The Labute approximate surface area is 177 Å². The number of hydrogen-bond donors (Lipinski definition) is 1. The van der Waals surface area contributed by atoms with E-state index >= 15 is 0 Å². The van der Waals surface area contributed by atoms with Crippen molar-refractivity contribution in [2.75, 3.05) is 16.8 Å². The molecule has 1 aliphatic rings. The number of nitrogens with one attached hydrogen (secondary N) is 1. The Kier molecular flexibility index (Phi) is 5.60. The molecule has 1 aliphatic heterocycles. The van der Waals surface area contributed by atoms with E-state index in [2.05, 4.69) is 15.5 Å². The second-order valence-corrected chi connectivity index (χ2v) is 8.54. The van der Waals surface area contributed by atoms with Gasteiger partial charge in [-0.05, 0) is 42.3 Å². The normalized spacial score (nSPS) is 16.3. The van der Waals surface area contributed by atoms with E-state index in [0.717, 1.165) is 21.8 Å². The zero-order valence-corrected chi connectivity index (χ0v) is 17.3. The first-order chi connectivity index (χ1) is 14.0. The van der Waals surface area contributed by atoms with Gasteiger partial charge in [-0.1, -0.05) is 47.2 Å². The summed E-state index contributed by atoms with van der Waals surface area (Å²) < 4.78 is 0. The lowest BCUT2D eigenvalue weighted by atomic mass is 10.1. The maximum Gasteiger partial charge on any atom is 0.231 e. The van der Waals surface area contributed by atoms with E-state index in [9.17, 15) is 9.59 Å². The molecule has 2 heterocycles. The van der Waals surface area contributed by atoms with Crippen LogP contribution in [-0.2, 0) is 16.0 Å². The van der Waals surface area contributed by atoms with Gasteiger partial charge in [0.15, 0.2) is 0 Å². The molecule has 2 amide bonds. The van der Waals surface area contributed by atoms with Crippen molar-refractivity contribution >= 4 is 45.6 Å². The third-order valence-electron chi connectivity index (χ3n) is 4.77. The number of amides is 2. The molecule has 1 N–H and O–H groups in total. The molecule has 4 rings (SSSR count). The number of carbonyl (C=O) groups is 2. The van der Waals surface area contributed by atoms with Gasteiger partial charge in [-0.3, -0.25) is 9.59 Å². The van der Waals surface area contributed by atoms with Gasteiger partial charge >= 0.3 is 0 Å². The van der Waals surface area contributed by atoms with Crippen LogP contribution in [0.1, 0.15) is 22.6 Å². The lowest BCUT2D eigenvalue weighted by Crippen LogP contribution is -2.28. The summed E-state index contributed by atoms with van der Waals surface area (Å²) >= 11 is 7.24. The molecule has 8 heteroatoms. The van der Waals surface area contributed by atoms with Crippen molar-refractivity contribution in [3.05, 3.63) is 69.7 Å². The number of carbonyl (C=O) groups excluding carboxylic acids is 2. The number of nitrogens with zero attached hydrogens (tertiary/aromatic N) is 3. The summed E-state index contributed by atoms with van der Waals surface area (Å²) in [7, 11) is 0. The van der Waals surface area contributed by atoms with Gasteiger partial charge < -0.3 is 10.2 Å². The van der Waals surface area contributed by atoms with E-state index < -0.39 is 5.92 Å². The van der Waals surface area contributed by atoms with Gasteiger partial charge in [-0.25, -0.2) is 0 Å².